The van der Waals surface area contributed by atoms with Crippen LogP contribution in [-0.2, 0) is 6.42 Å². The highest BCUT2D eigenvalue weighted by molar-refractivity contribution is 14.1. The summed E-state index contributed by atoms with van der Waals surface area (Å²) in [5.41, 5.74) is 0.931. The van der Waals surface area contributed by atoms with Crippen molar-refractivity contribution in [2.24, 2.45) is 17.8 Å². The Bertz CT molecular complexity index is 495. The van der Waals surface area contributed by atoms with E-state index in [9.17, 15) is 8.78 Å². The van der Waals surface area contributed by atoms with Crippen molar-refractivity contribution in [3.63, 3.8) is 0 Å². The van der Waals surface area contributed by atoms with Crippen LogP contribution in [0.3, 0.4) is 0 Å². The smallest absolute Gasteiger partial charge is 0.401 e. The predicted molar refractivity (Wildman–Crippen MR) is 83.1 cm³/mol. The molecule has 4 heteroatoms. The number of fused-ring (bicyclic) bond motifs is 1. The zero-order valence-corrected chi connectivity index (χ0v) is 13.7. The quantitative estimate of drug-likeness (QED) is 0.593. The second-order valence-corrected chi connectivity index (χ2v) is 7.49. The molecule has 1 aliphatic heterocycles. The minimum absolute atomic E-state index is 0.0913. The molecule has 20 heavy (non-hydrogen) atoms. The maximum Gasteiger partial charge on any atom is 0.401 e. The van der Waals surface area contributed by atoms with Crippen LogP contribution in [-0.4, -0.2) is 6.11 Å². The summed E-state index contributed by atoms with van der Waals surface area (Å²) < 4.78 is 34.7. The van der Waals surface area contributed by atoms with E-state index in [-0.39, 0.29) is 5.92 Å². The summed E-state index contributed by atoms with van der Waals surface area (Å²) in [7, 11) is 0. The number of ether oxygens (including phenoxy) is 1. The van der Waals surface area contributed by atoms with E-state index < -0.39 is 12.0 Å². The average Bonchev–Trinajstić information content (AvgIpc) is 2.38. The Morgan fingerprint density at radius 2 is 1.90 bits per heavy atom. The minimum atomic E-state index is -3.03. The van der Waals surface area contributed by atoms with Crippen LogP contribution < -0.4 is 4.74 Å². The minimum Gasteiger partial charge on any atom is -0.432 e. The molecule has 110 valence electrons. The first kappa shape index (κ1) is 14.5. The van der Waals surface area contributed by atoms with Crippen LogP contribution in [0.2, 0.25) is 0 Å². The molecule has 0 saturated heterocycles. The monoisotopic (exact) mass is 392 g/mol. The van der Waals surface area contributed by atoms with Gasteiger partial charge < -0.3 is 4.74 Å². The maximum absolute atomic E-state index is 14.3. The van der Waals surface area contributed by atoms with Crippen molar-refractivity contribution in [2.45, 2.75) is 45.1 Å². The average molecular weight is 392 g/mol. The van der Waals surface area contributed by atoms with Crippen LogP contribution in [0.15, 0.2) is 18.2 Å². The highest BCUT2D eigenvalue weighted by Crippen LogP contribution is 2.47. The molecule has 2 aliphatic rings. The van der Waals surface area contributed by atoms with Gasteiger partial charge in [0.2, 0.25) is 0 Å². The van der Waals surface area contributed by atoms with Gasteiger partial charge in [-0.05, 0) is 71.4 Å². The van der Waals surface area contributed by atoms with Gasteiger partial charge in [0, 0.05) is 3.57 Å². The van der Waals surface area contributed by atoms with Gasteiger partial charge in [-0.3, -0.25) is 0 Å². The first-order chi connectivity index (χ1) is 9.45. The van der Waals surface area contributed by atoms with Crippen molar-refractivity contribution >= 4 is 22.6 Å². The third-order valence-electron chi connectivity index (χ3n) is 4.78. The molecule has 0 aromatic heterocycles. The van der Waals surface area contributed by atoms with Gasteiger partial charge in [0.05, 0.1) is 5.92 Å². The van der Waals surface area contributed by atoms with E-state index in [0.717, 1.165) is 34.8 Å². The summed E-state index contributed by atoms with van der Waals surface area (Å²) in [6.07, 6.45) is 1.36. The fraction of sp³-hybridized carbons (Fsp3) is 0.625. The SMILES string of the molecule is CC1CCC(C2Cc3ccc(I)cc3OC2(F)F)CC1. The fourth-order valence-electron chi connectivity index (χ4n) is 3.50. The Morgan fingerprint density at radius 3 is 2.60 bits per heavy atom. The van der Waals surface area contributed by atoms with Gasteiger partial charge in [-0.1, -0.05) is 25.8 Å². The van der Waals surface area contributed by atoms with Gasteiger partial charge in [0.1, 0.15) is 5.75 Å². The number of alkyl halides is 2. The van der Waals surface area contributed by atoms with Crippen molar-refractivity contribution < 1.29 is 13.5 Å². The summed E-state index contributed by atoms with van der Waals surface area (Å²) >= 11 is 2.12. The summed E-state index contributed by atoms with van der Waals surface area (Å²) in [5, 5.41) is 0. The molecule has 1 saturated carbocycles. The topological polar surface area (TPSA) is 9.23 Å². The zero-order chi connectivity index (χ0) is 14.3. The molecule has 1 fully saturated rings. The normalized spacial score (nSPS) is 32.3. The first-order valence-corrected chi connectivity index (χ1v) is 8.39. The summed E-state index contributed by atoms with van der Waals surface area (Å²) in [6, 6.07) is 5.61. The van der Waals surface area contributed by atoms with E-state index >= 15 is 0 Å². The summed E-state index contributed by atoms with van der Waals surface area (Å²) in [6.45, 7) is 2.21. The highest BCUT2D eigenvalue weighted by atomic mass is 127. The largest absolute Gasteiger partial charge is 0.432 e. The van der Waals surface area contributed by atoms with Crippen LogP contribution >= 0.6 is 22.6 Å². The number of rotatable bonds is 1. The molecular formula is C16H19F2IO. The van der Waals surface area contributed by atoms with E-state index in [2.05, 4.69) is 29.5 Å². The standard InChI is InChI=1S/C16H19F2IO/c1-10-2-4-11(5-3-10)14-8-12-6-7-13(19)9-15(12)20-16(14,17)18/h6-7,9-11,14H,2-5,8H2,1H3. The number of hydrogen-bond donors (Lipinski definition) is 0. The number of hydrogen-bond acceptors (Lipinski definition) is 1. The van der Waals surface area contributed by atoms with Gasteiger partial charge in [-0.25, -0.2) is 0 Å². The molecule has 0 amide bonds. The van der Waals surface area contributed by atoms with Crippen LogP contribution in [0.1, 0.15) is 38.2 Å². The third kappa shape index (κ3) is 2.81. The lowest BCUT2D eigenvalue weighted by molar-refractivity contribution is -0.238. The van der Waals surface area contributed by atoms with Crippen molar-refractivity contribution in [2.75, 3.05) is 0 Å². The Hall–Kier alpha value is -0.390. The lowest BCUT2D eigenvalue weighted by atomic mass is 9.73. The lowest BCUT2D eigenvalue weighted by Gasteiger charge is -2.40. The van der Waals surface area contributed by atoms with Gasteiger partial charge in [0.25, 0.3) is 0 Å². The fourth-order valence-corrected chi connectivity index (χ4v) is 3.96. The molecule has 0 bridgehead atoms. The molecule has 3 rings (SSSR count). The highest BCUT2D eigenvalue weighted by Gasteiger charge is 2.50. The zero-order valence-electron chi connectivity index (χ0n) is 11.5. The Balaban J connectivity index is 1.83. The Morgan fingerprint density at radius 1 is 1.20 bits per heavy atom. The van der Waals surface area contributed by atoms with Gasteiger partial charge >= 0.3 is 6.11 Å². The molecule has 1 aromatic carbocycles. The van der Waals surface area contributed by atoms with Crippen LogP contribution in [0.5, 0.6) is 5.75 Å². The number of halogens is 3. The van der Waals surface area contributed by atoms with E-state index in [1.54, 1.807) is 6.07 Å². The van der Waals surface area contributed by atoms with E-state index in [4.69, 9.17) is 4.74 Å². The molecule has 1 aromatic rings. The molecule has 0 spiro atoms. The molecular weight excluding hydrogens is 373 g/mol. The van der Waals surface area contributed by atoms with Crippen LogP contribution in [0.25, 0.3) is 0 Å². The van der Waals surface area contributed by atoms with Crippen LogP contribution in [0, 0.1) is 21.3 Å². The van der Waals surface area contributed by atoms with E-state index in [0.29, 0.717) is 18.1 Å². The molecule has 1 atom stereocenters. The molecule has 1 nitrogen and oxygen atoms in total. The Labute approximate surface area is 132 Å². The molecule has 1 aliphatic carbocycles. The molecule has 1 unspecified atom stereocenters. The van der Waals surface area contributed by atoms with Crippen molar-refractivity contribution in [3.05, 3.63) is 27.3 Å². The van der Waals surface area contributed by atoms with E-state index in [1.807, 2.05) is 12.1 Å². The van der Waals surface area contributed by atoms with E-state index in [1.165, 1.54) is 0 Å². The molecule has 0 radical (unpaired) electrons. The molecule has 1 heterocycles. The van der Waals surface area contributed by atoms with Gasteiger partial charge in [0.15, 0.2) is 0 Å². The number of benzene rings is 1. The summed E-state index contributed by atoms with van der Waals surface area (Å²) in [4.78, 5) is 0. The van der Waals surface area contributed by atoms with Crippen molar-refractivity contribution in [3.8, 4) is 5.75 Å². The van der Waals surface area contributed by atoms with Crippen molar-refractivity contribution in [1.82, 2.24) is 0 Å². The second-order valence-electron chi connectivity index (χ2n) is 6.25. The second kappa shape index (κ2) is 5.43. The van der Waals surface area contributed by atoms with Gasteiger partial charge in [-0.2, -0.15) is 8.78 Å². The van der Waals surface area contributed by atoms with Crippen LogP contribution in [0.4, 0.5) is 8.78 Å². The lowest BCUT2D eigenvalue weighted by Crippen LogP contribution is -2.44. The van der Waals surface area contributed by atoms with Crippen molar-refractivity contribution in [1.29, 1.82) is 0 Å². The molecule has 0 N–H and O–H groups in total. The predicted octanol–water partition coefficient (Wildman–Crippen LogP) is 5.26. The Kier molecular flexibility index (Phi) is 3.95. The van der Waals surface area contributed by atoms with Gasteiger partial charge in [-0.15, -0.1) is 0 Å². The maximum atomic E-state index is 14.3. The first-order valence-electron chi connectivity index (χ1n) is 7.31. The third-order valence-corrected chi connectivity index (χ3v) is 5.45. The summed E-state index contributed by atoms with van der Waals surface area (Å²) in [5.74, 6) is 0.469.